The summed E-state index contributed by atoms with van der Waals surface area (Å²) in [7, 11) is 0. The topological polar surface area (TPSA) is 49.9 Å². The summed E-state index contributed by atoms with van der Waals surface area (Å²) in [4.78, 5) is 28.3. The van der Waals surface area contributed by atoms with Gasteiger partial charge in [-0.3, -0.25) is 14.6 Å². The van der Waals surface area contributed by atoms with Crippen molar-refractivity contribution in [2.45, 2.75) is 78.1 Å². The summed E-state index contributed by atoms with van der Waals surface area (Å²) in [5.74, 6) is 0. The van der Waals surface area contributed by atoms with Crippen molar-refractivity contribution in [2.75, 3.05) is 0 Å². The number of unbranched alkanes of at least 4 members (excludes halogenated alkanes) is 6. The highest BCUT2D eigenvalue weighted by molar-refractivity contribution is 6.03. The normalized spacial score (nSPS) is 11.4. The van der Waals surface area contributed by atoms with E-state index in [9.17, 15) is 9.59 Å². The lowest BCUT2D eigenvalue weighted by atomic mass is 9.89. The highest BCUT2D eigenvalue weighted by atomic mass is 16.2. The number of fused-ring (bicyclic) bond motifs is 4. The molecule has 0 saturated heterocycles. The quantitative estimate of drug-likeness (QED) is 0.215. The lowest BCUT2D eigenvalue weighted by Crippen LogP contribution is -2.12. The van der Waals surface area contributed by atoms with Gasteiger partial charge in [-0.05, 0) is 60.1 Å². The molecular weight excluding hydrogens is 430 g/mol. The summed E-state index contributed by atoms with van der Waals surface area (Å²) in [5.41, 5.74) is 5.60. The first-order valence-corrected chi connectivity index (χ1v) is 13.3. The van der Waals surface area contributed by atoms with Crippen molar-refractivity contribution in [3.05, 3.63) is 92.5 Å². The van der Waals surface area contributed by atoms with E-state index < -0.39 is 0 Å². The summed E-state index contributed by atoms with van der Waals surface area (Å²) >= 11 is 0. The Kier molecular flexibility index (Phi) is 8.52. The second kappa shape index (κ2) is 12.0. The average Bonchev–Trinajstić information content (AvgIpc) is 3.08. The second-order valence-electron chi connectivity index (χ2n) is 9.71. The predicted molar refractivity (Wildman–Crippen MR) is 149 cm³/mol. The van der Waals surface area contributed by atoms with Gasteiger partial charge in [0.25, 0.3) is 11.1 Å². The van der Waals surface area contributed by atoms with Crippen LogP contribution >= 0.6 is 0 Å². The Morgan fingerprint density at radius 1 is 0.514 bits per heavy atom. The van der Waals surface area contributed by atoms with Gasteiger partial charge in [-0.25, -0.2) is 0 Å². The molecule has 0 aliphatic heterocycles. The minimum absolute atomic E-state index is 0.331. The molecule has 182 valence electrons. The summed E-state index contributed by atoms with van der Waals surface area (Å²) in [6, 6.07) is 20.6. The fraction of sp³-hybridized carbons (Fsp3) is 0.375. The highest BCUT2D eigenvalue weighted by Gasteiger charge is 2.18. The summed E-state index contributed by atoms with van der Waals surface area (Å²) in [6.07, 6.45) is 12.1. The van der Waals surface area contributed by atoms with Gasteiger partial charge < -0.3 is 0 Å². The number of aryl methyl sites for hydroxylation is 2. The minimum atomic E-state index is -0.331. The molecule has 3 aromatic carbocycles. The zero-order valence-corrected chi connectivity index (χ0v) is 21.2. The first kappa shape index (κ1) is 24.9. The average molecular weight is 468 g/mol. The van der Waals surface area contributed by atoms with E-state index in [1.165, 1.54) is 62.5 Å². The molecule has 2 bridgehead atoms. The van der Waals surface area contributed by atoms with Crippen LogP contribution in [0, 0.1) is 0 Å². The Hall–Kier alpha value is -3.20. The Morgan fingerprint density at radius 2 is 0.914 bits per heavy atom. The van der Waals surface area contributed by atoms with Gasteiger partial charge in [0.05, 0.1) is 0 Å². The Balaban J connectivity index is 1.71. The number of nitrogens with one attached hydrogen (secondary N) is 1. The van der Waals surface area contributed by atoms with Crippen LogP contribution in [0.4, 0.5) is 0 Å². The molecule has 0 amide bonds. The highest BCUT2D eigenvalue weighted by Crippen LogP contribution is 2.37. The smallest absolute Gasteiger partial charge is 0.258 e. The van der Waals surface area contributed by atoms with Crippen LogP contribution in [0.15, 0.2) is 70.3 Å². The van der Waals surface area contributed by atoms with E-state index in [0.29, 0.717) is 10.8 Å². The molecule has 5 aromatic rings. The SMILES string of the molecule is CCCCCCc1ccc(-c2c(-c3ccc(CCCCCC)cc3)c3ccc2c(=O)[nH]c3=O)cc1. The number of H-pyrrole nitrogens is 1. The van der Waals surface area contributed by atoms with Gasteiger partial charge in [0, 0.05) is 21.9 Å². The van der Waals surface area contributed by atoms with Gasteiger partial charge >= 0.3 is 0 Å². The van der Waals surface area contributed by atoms with Crippen molar-refractivity contribution >= 4 is 10.8 Å². The van der Waals surface area contributed by atoms with E-state index in [-0.39, 0.29) is 11.1 Å². The third-order valence-electron chi connectivity index (χ3n) is 7.04. The molecule has 35 heavy (non-hydrogen) atoms. The number of aromatic amines is 1. The maximum absolute atomic E-state index is 12.9. The summed E-state index contributed by atoms with van der Waals surface area (Å²) < 4.78 is 0. The molecule has 5 rings (SSSR count). The molecule has 0 saturated carbocycles. The molecule has 2 heterocycles. The molecule has 0 spiro atoms. The third kappa shape index (κ3) is 5.90. The van der Waals surface area contributed by atoms with Crippen LogP contribution in [0.3, 0.4) is 0 Å². The summed E-state index contributed by atoms with van der Waals surface area (Å²) in [5, 5.41) is 1.10. The van der Waals surface area contributed by atoms with E-state index in [1.807, 2.05) is 0 Å². The van der Waals surface area contributed by atoms with Crippen molar-refractivity contribution in [1.29, 1.82) is 0 Å². The van der Waals surface area contributed by atoms with Crippen molar-refractivity contribution in [3.63, 3.8) is 0 Å². The maximum Gasteiger partial charge on any atom is 0.258 e. The largest absolute Gasteiger partial charge is 0.288 e. The molecule has 0 atom stereocenters. The fourth-order valence-corrected chi connectivity index (χ4v) is 5.01. The van der Waals surface area contributed by atoms with Crippen LogP contribution in [0.5, 0.6) is 0 Å². The first-order chi connectivity index (χ1) is 17.1. The standard InChI is InChI=1S/C32H37NO2/c1-3-5-7-9-11-23-13-17-25(18-14-23)29-27-21-22-28(32(35)33-31(27)34)30(29)26-19-15-24(16-20-26)12-10-8-6-4-2/h13-22H,3-12H2,1-2H3,(H,33,34,35). The van der Waals surface area contributed by atoms with Gasteiger partial charge in [-0.1, -0.05) is 101 Å². The van der Waals surface area contributed by atoms with Crippen LogP contribution in [-0.2, 0) is 12.8 Å². The molecule has 0 aliphatic carbocycles. The Bertz CT molecular complexity index is 1230. The monoisotopic (exact) mass is 467 g/mol. The Morgan fingerprint density at radius 3 is 1.29 bits per heavy atom. The molecular formula is C32H37NO2. The molecule has 2 aromatic heterocycles. The van der Waals surface area contributed by atoms with Crippen LogP contribution in [-0.4, -0.2) is 4.98 Å². The number of hydrogen-bond donors (Lipinski definition) is 1. The van der Waals surface area contributed by atoms with Crippen molar-refractivity contribution < 1.29 is 0 Å². The number of aromatic nitrogens is 1. The van der Waals surface area contributed by atoms with E-state index in [0.717, 1.165) is 35.1 Å². The molecule has 3 heteroatoms. The van der Waals surface area contributed by atoms with Gasteiger partial charge in [-0.15, -0.1) is 0 Å². The minimum Gasteiger partial charge on any atom is -0.288 e. The zero-order valence-electron chi connectivity index (χ0n) is 21.2. The lowest BCUT2D eigenvalue weighted by Gasteiger charge is -2.13. The van der Waals surface area contributed by atoms with Gasteiger partial charge in [0.15, 0.2) is 0 Å². The van der Waals surface area contributed by atoms with Crippen LogP contribution in [0.1, 0.15) is 76.3 Å². The van der Waals surface area contributed by atoms with Crippen molar-refractivity contribution in [2.24, 2.45) is 0 Å². The first-order valence-electron chi connectivity index (χ1n) is 13.3. The fourth-order valence-electron chi connectivity index (χ4n) is 5.01. The molecule has 0 unspecified atom stereocenters. The maximum atomic E-state index is 12.9. The van der Waals surface area contributed by atoms with Gasteiger partial charge in [0.1, 0.15) is 0 Å². The number of hydrogen-bond acceptors (Lipinski definition) is 2. The third-order valence-corrected chi connectivity index (χ3v) is 7.04. The van der Waals surface area contributed by atoms with Crippen molar-refractivity contribution in [1.82, 2.24) is 4.98 Å². The zero-order chi connectivity index (χ0) is 24.6. The van der Waals surface area contributed by atoms with E-state index in [4.69, 9.17) is 0 Å². The lowest BCUT2D eigenvalue weighted by molar-refractivity contribution is 0.667. The molecule has 0 aliphatic rings. The predicted octanol–water partition coefficient (Wildman–Crippen LogP) is 7.91. The number of rotatable bonds is 12. The van der Waals surface area contributed by atoms with E-state index >= 15 is 0 Å². The van der Waals surface area contributed by atoms with Crippen LogP contribution in [0.25, 0.3) is 33.0 Å². The van der Waals surface area contributed by atoms with Crippen LogP contribution < -0.4 is 11.1 Å². The number of benzene rings is 3. The summed E-state index contributed by atoms with van der Waals surface area (Å²) in [6.45, 7) is 4.46. The van der Waals surface area contributed by atoms with E-state index in [1.54, 1.807) is 12.1 Å². The molecule has 1 N–H and O–H groups in total. The van der Waals surface area contributed by atoms with Gasteiger partial charge in [0.2, 0.25) is 0 Å². The van der Waals surface area contributed by atoms with Crippen LogP contribution in [0.2, 0.25) is 0 Å². The molecule has 3 nitrogen and oxygen atoms in total. The van der Waals surface area contributed by atoms with E-state index in [2.05, 4.69) is 67.4 Å². The molecule has 0 fully saturated rings. The molecule has 0 radical (unpaired) electrons. The van der Waals surface area contributed by atoms with Crippen molar-refractivity contribution in [3.8, 4) is 22.3 Å². The second-order valence-corrected chi connectivity index (χ2v) is 9.71. The van der Waals surface area contributed by atoms with Gasteiger partial charge in [-0.2, -0.15) is 0 Å². The Labute approximate surface area is 208 Å².